The van der Waals surface area contributed by atoms with Crippen LogP contribution >= 0.6 is 0 Å². The van der Waals surface area contributed by atoms with Crippen LogP contribution < -0.4 is 5.32 Å². The first-order valence-electron chi connectivity index (χ1n) is 9.51. The number of sulfonamides is 1. The Morgan fingerprint density at radius 1 is 1.24 bits per heavy atom. The molecule has 0 spiro atoms. The van der Waals surface area contributed by atoms with Crippen molar-refractivity contribution in [2.45, 2.75) is 51.2 Å². The first-order valence-corrected chi connectivity index (χ1v) is 10.9. The third kappa shape index (κ3) is 6.73. The maximum atomic E-state index is 13.2. The molecule has 0 aliphatic carbocycles. The molecule has 1 amide bonds. The number of furan rings is 1. The Morgan fingerprint density at radius 2 is 1.93 bits per heavy atom. The van der Waals surface area contributed by atoms with E-state index in [-0.39, 0.29) is 30.4 Å². The highest BCUT2D eigenvalue weighted by molar-refractivity contribution is 7.89. The van der Waals surface area contributed by atoms with Gasteiger partial charge in [-0.15, -0.1) is 0 Å². The minimum atomic E-state index is -3.84. The second-order valence-electron chi connectivity index (χ2n) is 8.37. The van der Waals surface area contributed by atoms with E-state index in [1.165, 1.54) is 16.6 Å². The topological polar surface area (TPSA) is 109 Å². The van der Waals surface area contributed by atoms with E-state index in [9.17, 15) is 18.3 Å². The second kappa shape index (κ2) is 9.15. The van der Waals surface area contributed by atoms with Crippen LogP contribution in [0.25, 0.3) is 11.0 Å². The molecular weight excluding hydrogens is 396 g/mol. The lowest BCUT2D eigenvalue weighted by atomic mass is 10.2. The molecule has 0 radical (unpaired) electrons. The van der Waals surface area contributed by atoms with Gasteiger partial charge in [-0.1, -0.05) is 13.8 Å². The quantitative estimate of drug-likeness (QED) is 0.672. The van der Waals surface area contributed by atoms with Crippen LogP contribution in [-0.4, -0.2) is 55.3 Å². The number of alkyl carbamates (subject to hydrolysis) is 1. The fraction of sp³-hybridized carbons (Fsp3) is 0.550. The van der Waals surface area contributed by atoms with Crippen LogP contribution in [0.4, 0.5) is 4.79 Å². The predicted octanol–water partition coefficient (Wildman–Crippen LogP) is 2.97. The number of hydrogen-bond acceptors (Lipinski definition) is 6. The maximum absolute atomic E-state index is 13.2. The molecule has 162 valence electrons. The molecule has 2 N–H and O–H groups in total. The van der Waals surface area contributed by atoms with Crippen molar-refractivity contribution in [3.63, 3.8) is 0 Å². The number of amides is 1. The van der Waals surface area contributed by atoms with Crippen molar-refractivity contribution in [3.8, 4) is 0 Å². The van der Waals surface area contributed by atoms with Crippen LogP contribution in [-0.2, 0) is 14.8 Å². The molecule has 0 unspecified atom stereocenters. The normalized spacial score (nSPS) is 13.8. The highest BCUT2D eigenvalue weighted by atomic mass is 32.2. The average molecular weight is 427 g/mol. The van der Waals surface area contributed by atoms with Gasteiger partial charge < -0.3 is 19.6 Å². The zero-order valence-electron chi connectivity index (χ0n) is 17.5. The molecule has 9 heteroatoms. The van der Waals surface area contributed by atoms with Crippen LogP contribution in [0, 0.1) is 5.92 Å². The van der Waals surface area contributed by atoms with Gasteiger partial charge >= 0.3 is 6.09 Å². The van der Waals surface area contributed by atoms with Gasteiger partial charge in [0.25, 0.3) is 0 Å². The molecule has 1 heterocycles. The van der Waals surface area contributed by atoms with Gasteiger partial charge in [0.2, 0.25) is 10.0 Å². The zero-order chi connectivity index (χ0) is 21.8. The van der Waals surface area contributed by atoms with Crippen LogP contribution in [0.15, 0.2) is 39.8 Å². The van der Waals surface area contributed by atoms with E-state index in [4.69, 9.17) is 9.15 Å². The number of carbonyl (C=O) groups is 1. The molecule has 1 aromatic carbocycles. The van der Waals surface area contributed by atoms with Crippen LogP contribution in [0.3, 0.4) is 0 Å². The first-order chi connectivity index (χ1) is 13.4. The molecule has 0 aliphatic heterocycles. The van der Waals surface area contributed by atoms with Gasteiger partial charge in [0, 0.05) is 25.0 Å². The molecule has 0 aliphatic rings. The average Bonchev–Trinajstić information content (AvgIpc) is 3.05. The lowest BCUT2D eigenvalue weighted by molar-refractivity contribution is 0.0483. The van der Waals surface area contributed by atoms with Crippen molar-refractivity contribution in [1.82, 2.24) is 9.62 Å². The molecule has 0 saturated carbocycles. The van der Waals surface area contributed by atoms with Gasteiger partial charge in [0.15, 0.2) is 0 Å². The minimum absolute atomic E-state index is 0.0495. The molecule has 0 bridgehead atoms. The van der Waals surface area contributed by atoms with Gasteiger partial charge in [-0.3, -0.25) is 0 Å². The molecule has 29 heavy (non-hydrogen) atoms. The summed E-state index contributed by atoms with van der Waals surface area (Å²) in [6.45, 7) is 8.94. The zero-order valence-corrected chi connectivity index (χ0v) is 18.3. The van der Waals surface area contributed by atoms with Crippen LogP contribution in [0.5, 0.6) is 0 Å². The van der Waals surface area contributed by atoms with Crippen molar-refractivity contribution >= 4 is 27.1 Å². The number of nitrogens with zero attached hydrogens (tertiary/aromatic N) is 1. The van der Waals surface area contributed by atoms with E-state index in [2.05, 4.69) is 5.32 Å². The lowest BCUT2D eigenvalue weighted by Gasteiger charge is -2.27. The summed E-state index contributed by atoms with van der Waals surface area (Å²) in [6.07, 6.45) is -0.257. The number of carbonyl (C=O) groups excluding carboxylic acids is 1. The summed E-state index contributed by atoms with van der Waals surface area (Å²) in [4.78, 5) is 11.9. The standard InChI is InChI=1S/C20H30N2O6S/c1-14(2)12-22(13-16(23)11-21-19(24)28-20(3,4)5)29(25,26)17-6-7-18-15(10-17)8-9-27-18/h6-10,14,16,23H,11-13H2,1-5H3,(H,21,24)/t16-/m0/s1. The third-order valence-corrected chi connectivity index (χ3v) is 5.75. The smallest absolute Gasteiger partial charge is 0.407 e. The molecule has 2 aromatic rings. The van der Waals surface area contributed by atoms with Crippen molar-refractivity contribution < 1.29 is 27.5 Å². The molecule has 1 aromatic heterocycles. The number of nitrogens with one attached hydrogen (secondary N) is 1. The van der Waals surface area contributed by atoms with Crippen LogP contribution in [0.2, 0.25) is 0 Å². The van der Waals surface area contributed by atoms with Crippen LogP contribution in [0.1, 0.15) is 34.6 Å². The summed E-state index contributed by atoms with van der Waals surface area (Å²) in [6, 6.07) is 6.34. The number of aliphatic hydroxyl groups is 1. The Labute approximate surface area is 171 Å². The molecule has 8 nitrogen and oxygen atoms in total. The van der Waals surface area contributed by atoms with E-state index >= 15 is 0 Å². The van der Waals surface area contributed by atoms with Gasteiger partial charge in [0.05, 0.1) is 17.3 Å². The number of benzene rings is 1. The Morgan fingerprint density at radius 3 is 2.55 bits per heavy atom. The monoisotopic (exact) mass is 426 g/mol. The lowest BCUT2D eigenvalue weighted by Crippen LogP contribution is -2.44. The summed E-state index contributed by atoms with van der Waals surface area (Å²) in [7, 11) is -3.84. The highest BCUT2D eigenvalue weighted by Crippen LogP contribution is 2.23. The van der Waals surface area contributed by atoms with Crippen molar-refractivity contribution in [3.05, 3.63) is 30.5 Å². The fourth-order valence-corrected chi connectivity index (χ4v) is 4.42. The Bertz CT molecular complexity index is 930. The Hall–Kier alpha value is -2.10. The number of hydrogen-bond donors (Lipinski definition) is 2. The fourth-order valence-electron chi connectivity index (χ4n) is 2.75. The number of rotatable bonds is 8. The summed E-state index contributed by atoms with van der Waals surface area (Å²) >= 11 is 0. The molecule has 0 saturated heterocycles. The van der Waals surface area contributed by atoms with E-state index in [1.807, 2.05) is 13.8 Å². The van der Waals surface area contributed by atoms with E-state index in [1.54, 1.807) is 39.0 Å². The SMILES string of the molecule is CC(C)CN(C[C@@H](O)CNC(=O)OC(C)(C)C)S(=O)(=O)c1ccc2occc2c1. The molecule has 0 fully saturated rings. The van der Waals surface area contributed by atoms with Gasteiger partial charge in [-0.25, -0.2) is 13.2 Å². The Kier molecular flexibility index (Phi) is 7.31. The molecular formula is C20H30N2O6S. The van der Waals surface area contributed by atoms with Crippen molar-refractivity contribution in [2.24, 2.45) is 5.92 Å². The van der Waals surface area contributed by atoms with Crippen molar-refractivity contribution in [2.75, 3.05) is 19.6 Å². The van der Waals surface area contributed by atoms with E-state index < -0.39 is 27.8 Å². The maximum Gasteiger partial charge on any atom is 0.407 e. The summed E-state index contributed by atoms with van der Waals surface area (Å²) in [5.41, 5.74) is -0.0608. The summed E-state index contributed by atoms with van der Waals surface area (Å²) in [5, 5.41) is 13.5. The number of ether oxygens (including phenoxy) is 1. The predicted molar refractivity (Wildman–Crippen MR) is 110 cm³/mol. The van der Waals surface area contributed by atoms with E-state index in [0.717, 1.165) is 0 Å². The van der Waals surface area contributed by atoms with E-state index in [0.29, 0.717) is 11.0 Å². The number of fused-ring (bicyclic) bond motifs is 1. The summed E-state index contributed by atoms with van der Waals surface area (Å²) in [5.74, 6) is 0.0495. The first kappa shape index (κ1) is 23.2. The minimum Gasteiger partial charge on any atom is -0.464 e. The second-order valence-corrected chi connectivity index (χ2v) is 10.3. The van der Waals surface area contributed by atoms with Gasteiger partial charge in [-0.2, -0.15) is 4.31 Å². The number of aliphatic hydroxyl groups excluding tert-OH is 1. The molecule has 1 atom stereocenters. The largest absolute Gasteiger partial charge is 0.464 e. The highest BCUT2D eigenvalue weighted by Gasteiger charge is 2.28. The summed E-state index contributed by atoms with van der Waals surface area (Å²) < 4.78 is 38.0. The third-order valence-electron chi connectivity index (χ3n) is 3.93. The Balaban J connectivity index is 2.12. The van der Waals surface area contributed by atoms with Crippen molar-refractivity contribution in [1.29, 1.82) is 0 Å². The molecule has 2 rings (SSSR count). The van der Waals surface area contributed by atoms with Gasteiger partial charge in [0.1, 0.15) is 11.2 Å². The van der Waals surface area contributed by atoms with Gasteiger partial charge in [-0.05, 0) is 51.0 Å².